The second-order valence-corrected chi connectivity index (χ2v) is 7.12. The standard InChI is InChI=1S/C15H19BrN6O/c1-20-6-4-10-3-2-9(8-22(10)15(20)23)14-19-12(16)11-13(17)18-5-7-21(11)14/h5,7,9-10H,2-4,6,8H2,1H3,(H2,17,18)/t9-,10-/m1/s1. The molecule has 2 N–H and O–H groups in total. The highest BCUT2D eigenvalue weighted by Crippen LogP contribution is 2.35. The predicted molar refractivity (Wildman–Crippen MR) is 90.2 cm³/mol. The molecule has 2 aromatic rings. The van der Waals surface area contributed by atoms with Gasteiger partial charge in [0.2, 0.25) is 0 Å². The molecule has 2 aliphatic rings. The van der Waals surface area contributed by atoms with Gasteiger partial charge in [0.05, 0.1) is 0 Å². The Bertz CT molecular complexity index is 775. The van der Waals surface area contributed by atoms with E-state index < -0.39 is 0 Å². The number of nitrogens with zero attached hydrogens (tertiary/aromatic N) is 5. The summed E-state index contributed by atoms with van der Waals surface area (Å²) < 4.78 is 2.71. The molecule has 0 aromatic carbocycles. The van der Waals surface area contributed by atoms with E-state index in [1.54, 1.807) is 11.1 Å². The molecule has 4 rings (SSSR count). The smallest absolute Gasteiger partial charge is 0.320 e. The van der Waals surface area contributed by atoms with Gasteiger partial charge in [0, 0.05) is 44.5 Å². The molecule has 2 saturated heterocycles. The summed E-state index contributed by atoms with van der Waals surface area (Å²) in [6.07, 6.45) is 6.68. The van der Waals surface area contributed by atoms with Crippen LogP contribution in [-0.4, -0.2) is 56.4 Å². The first-order valence-electron chi connectivity index (χ1n) is 7.86. The molecule has 122 valence electrons. The molecule has 0 radical (unpaired) electrons. The van der Waals surface area contributed by atoms with Crippen molar-refractivity contribution in [3.63, 3.8) is 0 Å². The fraction of sp³-hybridized carbons (Fsp3) is 0.533. The van der Waals surface area contributed by atoms with Crippen molar-refractivity contribution in [3.8, 4) is 0 Å². The molecule has 4 heterocycles. The number of halogens is 1. The highest BCUT2D eigenvalue weighted by molar-refractivity contribution is 9.10. The van der Waals surface area contributed by atoms with Gasteiger partial charge in [-0.3, -0.25) is 4.40 Å². The maximum atomic E-state index is 12.4. The van der Waals surface area contributed by atoms with E-state index in [0.717, 1.165) is 37.1 Å². The Labute approximate surface area is 142 Å². The van der Waals surface area contributed by atoms with Crippen LogP contribution in [0, 0.1) is 0 Å². The number of imidazole rings is 1. The van der Waals surface area contributed by atoms with Crippen molar-refractivity contribution in [1.82, 2.24) is 24.2 Å². The van der Waals surface area contributed by atoms with E-state index in [4.69, 9.17) is 5.73 Å². The van der Waals surface area contributed by atoms with Gasteiger partial charge >= 0.3 is 6.03 Å². The molecule has 23 heavy (non-hydrogen) atoms. The summed E-state index contributed by atoms with van der Waals surface area (Å²) in [5.41, 5.74) is 6.77. The predicted octanol–water partition coefficient (Wildman–Crippen LogP) is 2.08. The van der Waals surface area contributed by atoms with Gasteiger partial charge < -0.3 is 15.5 Å². The number of hydrogen-bond donors (Lipinski definition) is 1. The third-order valence-corrected chi connectivity index (χ3v) is 5.56. The van der Waals surface area contributed by atoms with Gasteiger partial charge in [-0.1, -0.05) is 0 Å². The van der Waals surface area contributed by atoms with E-state index in [1.165, 1.54) is 0 Å². The molecular formula is C15H19BrN6O. The number of carbonyl (C=O) groups excluding carboxylic acids is 1. The molecule has 2 atom stereocenters. The summed E-state index contributed by atoms with van der Waals surface area (Å²) in [4.78, 5) is 25.1. The lowest BCUT2D eigenvalue weighted by molar-refractivity contribution is 0.0805. The second-order valence-electron chi connectivity index (χ2n) is 6.37. The zero-order valence-electron chi connectivity index (χ0n) is 12.9. The average Bonchev–Trinajstić information content (AvgIpc) is 2.89. The fourth-order valence-electron chi connectivity index (χ4n) is 3.76. The summed E-state index contributed by atoms with van der Waals surface area (Å²) in [5.74, 6) is 1.61. The Morgan fingerprint density at radius 2 is 2.17 bits per heavy atom. The molecule has 2 amide bonds. The lowest BCUT2D eigenvalue weighted by atomic mass is 9.89. The van der Waals surface area contributed by atoms with Crippen LogP contribution >= 0.6 is 15.9 Å². The number of nitrogens with two attached hydrogens (primary N) is 1. The van der Waals surface area contributed by atoms with Crippen LogP contribution in [0.4, 0.5) is 10.6 Å². The topological polar surface area (TPSA) is 79.8 Å². The number of carbonyl (C=O) groups is 1. The van der Waals surface area contributed by atoms with Crippen molar-refractivity contribution in [1.29, 1.82) is 0 Å². The first-order chi connectivity index (χ1) is 11.1. The van der Waals surface area contributed by atoms with Crippen LogP contribution in [0.2, 0.25) is 0 Å². The molecule has 0 aliphatic carbocycles. The maximum absolute atomic E-state index is 12.4. The van der Waals surface area contributed by atoms with Gasteiger partial charge in [0.15, 0.2) is 5.82 Å². The summed E-state index contributed by atoms with van der Waals surface area (Å²) in [5, 5.41) is 0. The number of nitrogen functional groups attached to an aromatic ring is 1. The quantitative estimate of drug-likeness (QED) is 0.823. The Morgan fingerprint density at radius 3 is 3.00 bits per heavy atom. The monoisotopic (exact) mass is 378 g/mol. The summed E-state index contributed by atoms with van der Waals surface area (Å²) in [6.45, 7) is 1.56. The van der Waals surface area contributed by atoms with E-state index in [-0.39, 0.29) is 11.9 Å². The number of urea groups is 1. The van der Waals surface area contributed by atoms with Gasteiger partial charge in [-0.05, 0) is 35.2 Å². The first kappa shape index (κ1) is 14.7. The molecule has 0 bridgehead atoms. The van der Waals surface area contributed by atoms with Gasteiger partial charge in [-0.2, -0.15) is 0 Å². The number of fused-ring (bicyclic) bond motifs is 2. The lowest BCUT2D eigenvalue weighted by Crippen LogP contribution is -2.56. The molecule has 0 saturated carbocycles. The van der Waals surface area contributed by atoms with Crippen molar-refractivity contribution in [3.05, 3.63) is 22.8 Å². The minimum absolute atomic E-state index is 0.132. The third kappa shape index (κ3) is 2.27. The van der Waals surface area contributed by atoms with Crippen LogP contribution in [0.3, 0.4) is 0 Å². The maximum Gasteiger partial charge on any atom is 0.320 e. The van der Waals surface area contributed by atoms with Crippen molar-refractivity contribution < 1.29 is 4.79 Å². The number of amides is 2. The SMILES string of the molecule is CN1CC[C@H]2CC[C@@H](c3nc(Br)c4c(N)nccn34)CN2C1=O. The Kier molecular flexibility index (Phi) is 3.44. The van der Waals surface area contributed by atoms with E-state index in [0.29, 0.717) is 23.0 Å². The van der Waals surface area contributed by atoms with Crippen molar-refractivity contribution in [2.24, 2.45) is 0 Å². The van der Waals surface area contributed by atoms with E-state index in [9.17, 15) is 4.79 Å². The van der Waals surface area contributed by atoms with E-state index in [2.05, 4.69) is 25.9 Å². The molecule has 0 spiro atoms. The number of aromatic nitrogens is 3. The zero-order chi connectivity index (χ0) is 16.1. The van der Waals surface area contributed by atoms with Gasteiger partial charge in [0.1, 0.15) is 15.9 Å². The summed E-state index contributed by atoms with van der Waals surface area (Å²) in [6, 6.07) is 0.503. The highest BCUT2D eigenvalue weighted by atomic mass is 79.9. The van der Waals surface area contributed by atoms with Gasteiger partial charge in [-0.15, -0.1) is 0 Å². The highest BCUT2D eigenvalue weighted by Gasteiger charge is 2.38. The molecule has 2 aromatic heterocycles. The third-order valence-electron chi connectivity index (χ3n) is 5.01. The molecule has 7 nitrogen and oxygen atoms in total. The number of hydrogen-bond acceptors (Lipinski definition) is 4. The van der Waals surface area contributed by atoms with Crippen LogP contribution in [0.25, 0.3) is 5.52 Å². The number of rotatable bonds is 1. The first-order valence-corrected chi connectivity index (χ1v) is 8.65. The Hall–Kier alpha value is -1.83. The minimum Gasteiger partial charge on any atom is -0.382 e. The van der Waals surface area contributed by atoms with Crippen LogP contribution in [0.1, 0.15) is 31.0 Å². The largest absolute Gasteiger partial charge is 0.382 e. The van der Waals surface area contributed by atoms with Gasteiger partial charge in [0.25, 0.3) is 0 Å². The Balaban J connectivity index is 1.69. The van der Waals surface area contributed by atoms with Crippen LogP contribution in [0.15, 0.2) is 17.0 Å². The number of piperidine rings is 1. The summed E-state index contributed by atoms with van der Waals surface area (Å²) in [7, 11) is 1.87. The minimum atomic E-state index is 0.132. The number of anilines is 1. The van der Waals surface area contributed by atoms with Crippen LogP contribution < -0.4 is 5.73 Å². The zero-order valence-corrected chi connectivity index (χ0v) is 14.5. The molecule has 8 heteroatoms. The van der Waals surface area contributed by atoms with Crippen molar-refractivity contribution >= 4 is 33.3 Å². The molecule has 2 fully saturated rings. The normalized spacial score (nSPS) is 25.0. The average molecular weight is 379 g/mol. The van der Waals surface area contributed by atoms with Gasteiger partial charge in [-0.25, -0.2) is 14.8 Å². The van der Waals surface area contributed by atoms with Crippen LogP contribution in [-0.2, 0) is 0 Å². The fourth-order valence-corrected chi connectivity index (χ4v) is 4.34. The molecule has 0 unspecified atom stereocenters. The lowest BCUT2D eigenvalue weighted by Gasteiger charge is -2.45. The second kappa shape index (κ2) is 5.36. The van der Waals surface area contributed by atoms with E-state index >= 15 is 0 Å². The van der Waals surface area contributed by atoms with Crippen LogP contribution in [0.5, 0.6) is 0 Å². The van der Waals surface area contributed by atoms with Crippen molar-refractivity contribution in [2.75, 3.05) is 25.9 Å². The van der Waals surface area contributed by atoms with Crippen molar-refractivity contribution in [2.45, 2.75) is 31.2 Å². The Morgan fingerprint density at radius 1 is 1.35 bits per heavy atom. The summed E-state index contributed by atoms with van der Waals surface area (Å²) >= 11 is 3.48. The molecule has 2 aliphatic heterocycles. The molecular weight excluding hydrogens is 360 g/mol. The van der Waals surface area contributed by atoms with E-state index in [1.807, 2.05) is 22.5 Å².